The van der Waals surface area contributed by atoms with Gasteiger partial charge in [-0.05, 0) is 38.0 Å². The molecule has 0 aliphatic carbocycles. The van der Waals surface area contributed by atoms with Gasteiger partial charge in [0.2, 0.25) is 5.91 Å². The Balaban J connectivity index is 1.37. The summed E-state index contributed by atoms with van der Waals surface area (Å²) in [5.41, 5.74) is 2.51. The largest absolute Gasteiger partial charge is 0.493 e. The summed E-state index contributed by atoms with van der Waals surface area (Å²) in [4.78, 5) is 35.2. The summed E-state index contributed by atoms with van der Waals surface area (Å²) in [6, 6.07) is 4.29. The number of amides is 2. The molecule has 2 aromatic rings. The van der Waals surface area contributed by atoms with E-state index in [0.29, 0.717) is 30.2 Å². The monoisotopic (exact) mass is 427 g/mol. The summed E-state index contributed by atoms with van der Waals surface area (Å²) in [6.07, 6.45) is 4.29. The molecule has 0 saturated carbocycles. The van der Waals surface area contributed by atoms with E-state index in [1.165, 1.54) is 19.9 Å². The number of imidazole rings is 1. The number of hydrogen-bond acceptors (Lipinski definition) is 6. The summed E-state index contributed by atoms with van der Waals surface area (Å²) < 4.78 is 10.5. The molecule has 1 fully saturated rings. The van der Waals surface area contributed by atoms with E-state index in [1.54, 1.807) is 31.5 Å². The van der Waals surface area contributed by atoms with Gasteiger partial charge >= 0.3 is 0 Å². The van der Waals surface area contributed by atoms with Crippen molar-refractivity contribution in [1.29, 1.82) is 0 Å². The molecule has 4 rings (SSSR count). The fourth-order valence-electron chi connectivity index (χ4n) is 4.55. The Morgan fingerprint density at radius 3 is 2.65 bits per heavy atom. The minimum absolute atomic E-state index is 0.0817. The average molecular weight is 428 g/mol. The number of H-pyrrole nitrogens is 1. The highest BCUT2D eigenvalue weighted by Crippen LogP contribution is 2.36. The van der Waals surface area contributed by atoms with Gasteiger partial charge in [0.25, 0.3) is 5.91 Å². The molecule has 166 valence electrons. The highest BCUT2D eigenvalue weighted by molar-refractivity contribution is 5.98. The number of piperidine rings is 1. The third kappa shape index (κ3) is 3.97. The number of benzene rings is 1. The summed E-state index contributed by atoms with van der Waals surface area (Å²) in [5.74, 6) is 0.599. The molecule has 0 unspecified atom stereocenters. The van der Waals surface area contributed by atoms with Gasteiger partial charge in [0.15, 0.2) is 11.5 Å². The Bertz CT molecular complexity index is 965. The first-order valence-electron chi connectivity index (χ1n) is 10.6. The third-order valence-electron chi connectivity index (χ3n) is 6.30. The summed E-state index contributed by atoms with van der Waals surface area (Å²) >= 11 is 0. The maximum atomic E-state index is 13.0. The Kier molecular flexibility index (Phi) is 5.86. The number of aromatic amines is 1. The molecule has 2 amide bonds. The number of hydrogen-bond donors (Lipinski definition) is 3. The Morgan fingerprint density at radius 1 is 1.19 bits per heavy atom. The molecule has 1 atom stereocenters. The number of nitrogens with one attached hydrogen (secondary N) is 3. The topological polar surface area (TPSA) is 109 Å². The predicted molar refractivity (Wildman–Crippen MR) is 114 cm³/mol. The van der Waals surface area contributed by atoms with Gasteiger partial charge in [-0.2, -0.15) is 0 Å². The second-order valence-corrected chi connectivity index (χ2v) is 8.08. The smallest absolute Gasteiger partial charge is 0.252 e. The predicted octanol–water partition coefficient (Wildman–Crippen LogP) is 1.21. The maximum absolute atomic E-state index is 13.0. The van der Waals surface area contributed by atoms with Crippen LogP contribution in [0.3, 0.4) is 0 Å². The van der Waals surface area contributed by atoms with E-state index in [0.717, 1.165) is 31.5 Å². The van der Waals surface area contributed by atoms with Crippen LogP contribution in [0.1, 0.15) is 41.5 Å². The first-order valence-corrected chi connectivity index (χ1v) is 10.6. The van der Waals surface area contributed by atoms with Gasteiger partial charge in [-0.1, -0.05) is 0 Å². The number of ether oxygens (including phenoxy) is 2. The van der Waals surface area contributed by atoms with Crippen LogP contribution in [0.15, 0.2) is 24.5 Å². The van der Waals surface area contributed by atoms with Crippen molar-refractivity contribution in [2.75, 3.05) is 33.9 Å². The second-order valence-electron chi connectivity index (χ2n) is 8.08. The molecule has 1 aromatic carbocycles. The Morgan fingerprint density at radius 2 is 1.94 bits per heavy atom. The Hall–Kier alpha value is -3.07. The zero-order valence-corrected chi connectivity index (χ0v) is 18.2. The van der Waals surface area contributed by atoms with E-state index in [-0.39, 0.29) is 17.4 Å². The van der Waals surface area contributed by atoms with Gasteiger partial charge in [-0.25, -0.2) is 4.98 Å². The van der Waals surface area contributed by atoms with Crippen molar-refractivity contribution in [2.45, 2.75) is 37.8 Å². The van der Waals surface area contributed by atoms with Gasteiger partial charge in [0, 0.05) is 37.3 Å². The number of nitrogens with zero attached hydrogens (tertiary/aromatic N) is 2. The number of carbonyl (C=O) groups is 2. The molecule has 3 N–H and O–H groups in total. The van der Waals surface area contributed by atoms with Crippen LogP contribution in [0.5, 0.6) is 11.5 Å². The molecule has 9 heteroatoms. The number of carbonyl (C=O) groups excluding carboxylic acids is 2. The number of aromatic nitrogens is 2. The molecule has 1 aromatic heterocycles. The SMILES string of the molecule is COc1ccc(C(=O)N[C@H](C)C(=O)N2CCC3(CC2)NCCc2[nH]cnc23)cc1OC. The molecule has 3 heterocycles. The number of likely N-dealkylation sites (tertiary alicyclic amines) is 1. The number of fused-ring (bicyclic) bond motifs is 2. The van der Waals surface area contributed by atoms with Crippen molar-refractivity contribution in [3.8, 4) is 11.5 Å². The fraction of sp³-hybridized carbons (Fsp3) is 0.500. The highest BCUT2D eigenvalue weighted by Gasteiger charge is 2.42. The summed E-state index contributed by atoms with van der Waals surface area (Å²) in [6.45, 7) is 3.86. The third-order valence-corrected chi connectivity index (χ3v) is 6.30. The molecular formula is C22H29N5O4. The molecule has 1 spiro atoms. The lowest BCUT2D eigenvalue weighted by Gasteiger charge is -2.44. The molecule has 31 heavy (non-hydrogen) atoms. The zero-order chi connectivity index (χ0) is 22.0. The van der Waals surface area contributed by atoms with E-state index in [1.807, 2.05) is 4.90 Å². The van der Waals surface area contributed by atoms with Crippen LogP contribution in [-0.2, 0) is 16.8 Å². The van der Waals surface area contributed by atoms with Gasteiger partial charge in [-0.3, -0.25) is 9.59 Å². The Labute approximate surface area is 181 Å². The lowest BCUT2D eigenvalue weighted by molar-refractivity contribution is -0.134. The quantitative estimate of drug-likeness (QED) is 0.662. The summed E-state index contributed by atoms with van der Waals surface area (Å²) in [5, 5.41) is 6.43. The van der Waals surface area contributed by atoms with Gasteiger partial charge in [0.05, 0.1) is 31.8 Å². The lowest BCUT2D eigenvalue weighted by atomic mass is 9.80. The van der Waals surface area contributed by atoms with Crippen molar-refractivity contribution in [2.24, 2.45) is 0 Å². The fourth-order valence-corrected chi connectivity index (χ4v) is 4.55. The molecule has 0 bridgehead atoms. The molecule has 9 nitrogen and oxygen atoms in total. The van der Waals surface area contributed by atoms with Gasteiger partial charge in [0.1, 0.15) is 6.04 Å². The van der Waals surface area contributed by atoms with E-state index >= 15 is 0 Å². The average Bonchev–Trinajstić information content (AvgIpc) is 3.29. The van der Waals surface area contributed by atoms with Gasteiger partial charge < -0.3 is 30.0 Å². The van der Waals surface area contributed by atoms with Crippen LogP contribution in [0.4, 0.5) is 0 Å². The van der Waals surface area contributed by atoms with Crippen LogP contribution in [-0.4, -0.2) is 66.6 Å². The van der Waals surface area contributed by atoms with Crippen molar-refractivity contribution in [3.63, 3.8) is 0 Å². The molecule has 2 aliphatic heterocycles. The van der Waals surface area contributed by atoms with Crippen molar-refractivity contribution in [3.05, 3.63) is 41.5 Å². The molecule has 1 saturated heterocycles. The highest BCUT2D eigenvalue weighted by atomic mass is 16.5. The molecule has 0 radical (unpaired) electrons. The minimum atomic E-state index is -0.630. The summed E-state index contributed by atoms with van der Waals surface area (Å²) in [7, 11) is 3.05. The zero-order valence-electron chi connectivity index (χ0n) is 18.2. The normalized spacial score (nSPS) is 18.2. The molecule has 2 aliphatic rings. The van der Waals surface area contributed by atoms with E-state index in [9.17, 15) is 9.59 Å². The van der Waals surface area contributed by atoms with Crippen LogP contribution >= 0.6 is 0 Å². The maximum Gasteiger partial charge on any atom is 0.252 e. The van der Waals surface area contributed by atoms with Gasteiger partial charge in [-0.15, -0.1) is 0 Å². The lowest BCUT2D eigenvalue weighted by Crippen LogP contribution is -2.57. The van der Waals surface area contributed by atoms with E-state index < -0.39 is 6.04 Å². The van der Waals surface area contributed by atoms with Crippen molar-refractivity contribution >= 4 is 11.8 Å². The first kappa shape index (κ1) is 21.2. The number of rotatable bonds is 5. The molecular weight excluding hydrogens is 398 g/mol. The standard InChI is InChI=1S/C22H29N5O4/c1-14(26-20(28)15-4-5-17(30-2)18(12-15)31-3)21(29)27-10-7-22(8-11-27)19-16(6-9-25-22)23-13-24-19/h4-5,12-14,25H,6-11H2,1-3H3,(H,23,24)(H,26,28)/t14-/m1/s1. The van der Waals surface area contributed by atoms with E-state index in [2.05, 4.69) is 20.6 Å². The van der Waals surface area contributed by atoms with Crippen LogP contribution < -0.4 is 20.1 Å². The number of methoxy groups -OCH3 is 2. The second kappa shape index (κ2) is 8.58. The van der Waals surface area contributed by atoms with E-state index in [4.69, 9.17) is 9.47 Å². The first-order chi connectivity index (χ1) is 15.0. The minimum Gasteiger partial charge on any atom is -0.493 e. The van der Waals surface area contributed by atoms with Crippen LogP contribution in [0.2, 0.25) is 0 Å². The van der Waals surface area contributed by atoms with Crippen LogP contribution in [0.25, 0.3) is 0 Å². The van der Waals surface area contributed by atoms with Crippen molar-refractivity contribution < 1.29 is 19.1 Å². The van der Waals surface area contributed by atoms with Crippen molar-refractivity contribution in [1.82, 2.24) is 25.5 Å². The van der Waals surface area contributed by atoms with Crippen LogP contribution in [0, 0.1) is 0 Å².